The molecule has 3 heterocycles. The fourth-order valence-electron chi connectivity index (χ4n) is 4.17. The quantitative estimate of drug-likeness (QED) is 0.813. The van der Waals surface area contributed by atoms with Crippen LogP contribution in [0.1, 0.15) is 31.7 Å². The largest absolute Gasteiger partial charge is 0.493 e. The maximum absolute atomic E-state index is 13.2. The zero-order valence-corrected chi connectivity index (χ0v) is 14.9. The van der Waals surface area contributed by atoms with Crippen LogP contribution in [0.3, 0.4) is 0 Å². The van der Waals surface area contributed by atoms with Crippen LogP contribution in [0.4, 0.5) is 4.79 Å². The Balaban J connectivity index is 1.56. The van der Waals surface area contributed by atoms with Crippen LogP contribution in [0.25, 0.3) is 0 Å². The first-order chi connectivity index (χ1) is 12.5. The van der Waals surface area contributed by atoms with Crippen molar-refractivity contribution in [2.45, 2.75) is 31.7 Å². The van der Waals surface area contributed by atoms with Gasteiger partial charge in [0.05, 0.1) is 6.61 Å². The third-order valence-corrected chi connectivity index (χ3v) is 5.56. The molecule has 3 aliphatic heterocycles. The summed E-state index contributed by atoms with van der Waals surface area (Å²) in [6.45, 7) is 3.62. The van der Waals surface area contributed by atoms with E-state index in [1.54, 1.807) is 17.0 Å². The van der Waals surface area contributed by atoms with Crippen molar-refractivity contribution in [3.63, 3.8) is 0 Å². The molecule has 0 aliphatic carbocycles. The van der Waals surface area contributed by atoms with Crippen molar-refractivity contribution in [2.75, 3.05) is 26.2 Å². The average Bonchev–Trinajstić information content (AvgIpc) is 2.87. The first-order valence-electron chi connectivity index (χ1n) is 9.15. The molecule has 4 amide bonds. The van der Waals surface area contributed by atoms with Gasteiger partial charge in [-0.25, -0.2) is 4.79 Å². The van der Waals surface area contributed by atoms with Gasteiger partial charge in [0, 0.05) is 25.1 Å². The highest BCUT2D eigenvalue weighted by Gasteiger charge is 2.55. The third kappa shape index (κ3) is 2.62. The van der Waals surface area contributed by atoms with E-state index in [9.17, 15) is 14.4 Å². The minimum absolute atomic E-state index is 0.169. The molecular formula is C19H23N3O4. The summed E-state index contributed by atoms with van der Waals surface area (Å²) in [5, 5.41) is 2.83. The lowest BCUT2D eigenvalue weighted by atomic mass is 9.84. The van der Waals surface area contributed by atoms with Crippen molar-refractivity contribution in [1.29, 1.82) is 0 Å². The number of benzene rings is 1. The highest BCUT2D eigenvalue weighted by molar-refractivity contribution is 6.09. The van der Waals surface area contributed by atoms with Gasteiger partial charge in [-0.2, -0.15) is 0 Å². The van der Waals surface area contributed by atoms with Gasteiger partial charge in [-0.1, -0.05) is 25.1 Å². The Labute approximate surface area is 152 Å². The number of nitrogens with one attached hydrogen (secondary N) is 1. The minimum atomic E-state index is -1.12. The number of rotatable bonds is 2. The number of nitrogens with zero attached hydrogens (tertiary/aromatic N) is 2. The Hall–Kier alpha value is -2.57. The Morgan fingerprint density at radius 3 is 2.96 bits per heavy atom. The minimum Gasteiger partial charge on any atom is -0.493 e. The molecule has 2 saturated heterocycles. The molecule has 7 nitrogen and oxygen atoms in total. The molecule has 138 valence electrons. The number of hydrogen-bond donors (Lipinski definition) is 1. The van der Waals surface area contributed by atoms with Gasteiger partial charge >= 0.3 is 6.03 Å². The number of para-hydroxylation sites is 1. The van der Waals surface area contributed by atoms with E-state index in [1.165, 1.54) is 0 Å². The molecule has 2 fully saturated rings. The Kier molecular flexibility index (Phi) is 4.09. The van der Waals surface area contributed by atoms with E-state index >= 15 is 0 Å². The lowest BCUT2D eigenvalue weighted by molar-refractivity contribution is -0.140. The van der Waals surface area contributed by atoms with Crippen molar-refractivity contribution in [1.82, 2.24) is 15.1 Å². The second-order valence-corrected chi connectivity index (χ2v) is 7.41. The van der Waals surface area contributed by atoms with Gasteiger partial charge < -0.3 is 15.0 Å². The molecule has 2 atom stereocenters. The zero-order chi connectivity index (χ0) is 18.3. The summed E-state index contributed by atoms with van der Waals surface area (Å²) < 4.78 is 5.62. The Morgan fingerprint density at radius 1 is 1.35 bits per heavy atom. The maximum atomic E-state index is 13.2. The maximum Gasteiger partial charge on any atom is 0.325 e. The van der Waals surface area contributed by atoms with Crippen LogP contribution in [0.2, 0.25) is 0 Å². The SMILES string of the molecule is C[C@@H]1CCCN(C(=O)CN2C(=O)N[C@]3(CCOc4ccccc43)C2=O)C1. The molecule has 0 aromatic heterocycles. The molecular weight excluding hydrogens is 334 g/mol. The first kappa shape index (κ1) is 16.9. The molecule has 1 N–H and O–H groups in total. The van der Waals surface area contributed by atoms with Crippen LogP contribution in [-0.4, -0.2) is 53.9 Å². The molecule has 1 aromatic rings. The number of piperidine rings is 1. The van der Waals surface area contributed by atoms with Crippen LogP contribution in [-0.2, 0) is 15.1 Å². The van der Waals surface area contributed by atoms with Crippen molar-refractivity contribution in [3.05, 3.63) is 29.8 Å². The van der Waals surface area contributed by atoms with E-state index in [0.717, 1.165) is 17.7 Å². The van der Waals surface area contributed by atoms with Crippen molar-refractivity contribution in [2.24, 2.45) is 5.92 Å². The molecule has 0 bridgehead atoms. The van der Waals surface area contributed by atoms with Crippen molar-refractivity contribution in [3.8, 4) is 5.75 Å². The topological polar surface area (TPSA) is 79.0 Å². The number of urea groups is 1. The van der Waals surface area contributed by atoms with Crippen LogP contribution in [0.5, 0.6) is 5.75 Å². The van der Waals surface area contributed by atoms with Crippen molar-refractivity contribution >= 4 is 17.8 Å². The number of likely N-dealkylation sites (tertiary alicyclic amines) is 1. The Bertz CT molecular complexity index is 765. The molecule has 0 unspecified atom stereocenters. The lowest BCUT2D eigenvalue weighted by Gasteiger charge is -2.33. The van der Waals surface area contributed by atoms with Gasteiger partial charge in [0.1, 0.15) is 12.3 Å². The summed E-state index contributed by atoms with van der Waals surface area (Å²) in [7, 11) is 0. The number of carbonyl (C=O) groups excluding carboxylic acids is 3. The first-order valence-corrected chi connectivity index (χ1v) is 9.15. The predicted octanol–water partition coefficient (Wildman–Crippen LogP) is 1.47. The second-order valence-electron chi connectivity index (χ2n) is 7.41. The van der Waals surface area contributed by atoms with E-state index in [4.69, 9.17) is 4.74 Å². The van der Waals surface area contributed by atoms with Gasteiger partial charge in [0.25, 0.3) is 5.91 Å². The Morgan fingerprint density at radius 2 is 2.15 bits per heavy atom. The van der Waals surface area contributed by atoms with Crippen LogP contribution in [0, 0.1) is 5.92 Å². The third-order valence-electron chi connectivity index (χ3n) is 5.56. The summed E-state index contributed by atoms with van der Waals surface area (Å²) in [5.41, 5.74) is -0.465. The summed E-state index contributed by atoms with van der Waals surface area (Å²) in [6, 6.07) is 6.73. The highest BCUT2D eigenvalue weighted by Crippen LogP contribution is 2.40. The number of hydrogen-bond acceptors (Lipinski definition) is 4. The molecule has 0 saturated carbocycles. The molecule has 3 aliphatic rings. The normalized spacial score (nSPS) is 28.0. The van der Waals surface area contributed by atoms with Gasteiger partial charge in [-0.15, -0.1) is 0 Å². The summed E-state index contributed by atoms with van der Waals surface area (Å²) in [5.74, 6) is 0.518. The van der Waals surface area contributed by atoms with E-state index in [1.807, 2.05) is 12.1 Å². The lowest BCUT2D eigenvalue weighted by Crippen LogP contribution is -2.49. The predicted molar refractivity (Wildman–Crippen MR) is 93.5 cm³/mol. The van der Waals surface area contributed by atoms with Gasteiger partial charge in [-0.3, -0.25) is 14.5 Å². The number of fused-ring (bicyclic) bond motifs is 2. The van der Waals surface area contributed by atoms with E-state index < -0.39 is 11.6 Å². The standard InChI is InChI=1S/C19H23N3O4/c1-13-5-4-9-21(11-13)16(23)12-22-17(24)19(20-18(22)25)8-10-26-15-7-3-2-6-14(15)19/h2-3,6-7,13H,4-5,8-12H2,1H3,(H,20,25)/t13-,19+/m1/s1. The fraction of sp³-hybridized carbons (Fsp3) is 0.526. The molecule has 0 radical (unpaired) electrons. The second kappa shape index (κ2) is 6.30. The fourth-order valence-corrected chi connectivity index (χ4v) is 4.17. The van der Waals surface area contributed by atoms with E-state index in [0.29, 0.717) is 43.3 Å². The van der Waals surface area contributed by atoms with Gasteiger partial charge in [-0.05, 0) is 24.8 Å². The summed E-state index contributed by atoms with van der Waals surface area (Å²) >= 11 is 0. The monoisotopic (exact) mass is 357 g/mol. The van der Waals surface area contributed by atoms with Crippen molar-refractivity contribution < 1.29 is 19.1 Å². The zero-order valence-electron chi connectivity index (χ0n) is 14.9. The number of amides is 4. The summed E-state index contributed by atoms with van der Waals surface area (Å²) in [6.07, 6.45) is 2.43. The van der Waals surface area contributed by atoms with E-state index in [2.05, 4.69) is 12.2 Å². The van der Waals surface area contributed by atoms with E-state index in [-0.39, 0.29) is 18.4 Å². The number of ether oxygens (including phenoxy) is 1. The molecule has 1 aromatic carbocycles. The number of carbonyl (C=O) groups is 3. The van der Waals surface area contributed by atoms with Crippen LogP contribution >= 0.6 is 0 Å². The molecule has 26 heavy (non-hydrogen) atoms. The summed E-state index contributed by atoms with van der Waals surface area (Å²) in [4.78, 5) is 41.1. The molecule has 4 rings (SSSR count). The van der Waals surface area contributed by atoms with Crippen LogP contribution < -0.4 is 10.1 Å². The highest BCUT2D eigenvalue weighted by atomic mass is 16.5. The molecule has 7 heteroatoms. The average molecular weight is 357 g/mol. The number of imide groups is 1. The molecule has 1 spiro atoms. The van der Waals surface area contributed by atoms with Gasteiger partial charge in [0.15, 0.2) is 5.54 Å². The van der Waals surface area contributed by atoms with Gasteiger partial charge in [0.2, 0.25) is 5.91 Å². The smallest absolute Gasteiger partial charge is 0.325 e. The van der Waals surface area contributed by atoms with Crippen LogP contribution in [0.15, 0.2) is 24.3 Å².